The highest BCUT2D eigenvalue weighted by Gasteiger charge is 2.19. The van der Waals surface area contributed by atoms with Crippen molar-refractivity contribution in [3.63, 3.8) is 0 Å². The zero-order chi connectivity index (χ0) is 21.5. The number of allylic oxidation sites excluding steroid dienone is 2. The van der Waals surface area contributed by atoms with Gasteiger partial charge in [0.25, 0.3) is 5.91 Å². The Labute approximate surface area is 176 Å². The van der Waals surface area contributed by atoms with Crippen molar-refractivity contribution in [2.24, 2.45) is 12.0 Å². The Morgan fingerprint density at radius 1 is 1.23 bits per heavy atom. The first-order valence-corrected chi connectivity index (χ1v) is 10.1. The number of nitrogens with one attached hydrogen (secondary N) is 2. The number of hydrogen-bond donors (Lipinski definition) is 3. The number of pyridine rings is 1. The maximum Gasteiger partial charge on any atom is 0.274 e. The summed E-state index contributed by atoms with van der Waals surface area (Å²) in [7, 11) is 3.80. The summed E-state index contributed by atoms with van der Waals surface area (Å²) in [6.45, 7) is 4.91. The molecule has 0 aromatic carbocycles. The van der Waals surface area contributed by atoms with Gasteiger partial charge >= 0.3 is 0 Å². The summed E-state index contributed by atoms with van der Waals surface area (Å²) < 4.78 is 1.56. The molecular weight excluding hydrogens is 382 g/mol. The Balaban J connectivity index is 1.92. The monoisotopic (exact) mass is 411 g/mol. The van der Waals surface area contributed by atoms with Crippen LogP contribution in [0.3, 0.4) is 0 Å². The number of aryl methyl sites for hydroxylation is 1. The van der Waals surface area contributed by atoms with Crippen LogP contribution in [-0.4, -0.2) is 70.1 Å². The number of rotatable bonds is 0. The first-order chi connectivity index (χ1) is 14.5. The third kappa shape index (κ3) is 5.59. The van der Waals surface area contributed by atoms with Crippen molar-refractivity contribution in [1.82, 2.24) is 25.0 Å². The number of fused-ring (bicyclic) bond motifs is 3. The van der Waals surface area contributed by atoms with E-state index in [9.17, 15) is 9.90 Å². The summed E-state index contributed by atoms with van der Waals surface area (Å²) in [6, 6.07) is 5.30. The fourth-order valence-corrected chi connectivity index (χ4v) is 3.19. The van der Waals surface area contributed by atoms with Crippen molar-refractivity contribution in [3.8, 4) is 0 Å². The molecule has 0 aliphatic carbocycles. The lowest BCUT2D eigenvalue weighted by Gasteiger charge is -2.17. The lowest BCUT2D eigenvalue weighted by atomic mass is 10.1. The van der Waals surface area contributed by atoms with Crippen LogP contribution in [0.4, 0.5) is 5.69 Å². The number of anilines is 1. The maximum atomic E-state index is 12.8. The zero-order valence-electron chi connectivity index (χ0n) is 17.7. The average molecular weight is 412 g/mol. The molecule has 3 rings (SSSR count). The highest BCUT2D eigenvalue weighted by atomic mass is 16.3. The van der Waals surface area contributed by atoms with Gasteiger partial charge in [-0.2, -0.15) is 5.10 Å². The SMILES string of the molecule is C/C=C1\C=NCCN(C)CCCNC(O)c2nn(C)cc2NC(=O)c2cccc1n2. The van der Waals surface area contributed by atoms with E-state index >= 15 is 0 Å². The van der Waals surface area contributed by atoms with E-state index < -0.39 is 6.23 Å². The second kappa shape index (κ2) is 10.2. The number of aliphatic hydroxyl groups excluding tert-OH is 1. The van der Waals surface area contributed by atoms with Gasteiger partial charge in [0.2, 0.25) is 0 Å². The third-order valence-electron chi connectivity index (χ3n) is 4.85. The number of hydrogen-bond acceptors (Lipinski definition) is 7. The molecule has 9 nitrogen and oxygen atoms in total. The van der Waals surface area contributed by atoms with Crippen molar-refractivity contribution in [1.29, 1.82) is 0 Å². The molecule has 1 aliphatic heterocycles. The molecule has 30 heavy (non-hydrogen) atoms. The van der Waals surface area contributed by atoms with Crippen LogP contribution in [0.1, 0.15) is 41.4 Å². The van der Waals surface area contributed by atoms with Crippen LogP contribution in [0, 0.1) is 0 Å². The molecule has 2 bridgehead atoms. The molecule has 0 fully saturated rings. The van der Waals surface area contributed by atoms with Gasteiger partial charge in [0.15, 0.2) is 6.23 Å². The van der Waals surface area contributed by atoms with Crippen molar-refractivity contribution < 1.29 is 9.90 Å². The normalized spacial score (nSPS) is 21.0. The summed E-state index contributed by atoms with van der Waals surface area (Å²) in [4.78, 5) is 24.0. The highest BCUT2D eigenvalue weighted by molar-refractivity contribution is 6.09. The average Bonchev–Trinajstić information content (AvgIpc) is 3.10. The van der Waals surface area contributed by atoms with Gasteiger partial charge in [0.1, 0.15) is 11.4 Å². The summed E-state index contributed by atoms with van der Waals surface area (Å²) >= 11 is 0. The van der Waals surface area contributed by atoms with Gasteiger partial charge in [-0.1, -0.05) is 12.1 Å². The molecule has 0 saturated carbocycles. The van der Waals surface area contributed by atoms with Gasteiger partial charge in [-0.15, -0.1) is 0 Å². The van der Waals surface area contributed by atoms with E-state index in [1.54, 1.807) is 36.3 Å². The van der Waals surface area contributed by atoms with E-state index in [1.165, 1.54) is 0 Å². The van der Waals surface area contributed by atoms with Crippen molar-refractivity contribution in [2.45, 2.75) is 19.6 Å². The lowest BCUT2D eigenvalue weighted by Crippen LogP contribution is -2.29. The van der Waals surface area contributed by atoms with Crippen molar-refractivity contribution in [2.75, 3.05) is 38.5 Å². The smallest absolute Gasteiger partial charge is 0.274 e. The molecule has 160 valence electrons. The Morgan fingerprint density at radius 3 is 2.83 bits per heavy atom. The summed E-state index contributed by atoms with van der Waals surface area (Å²) in [5, 5.41) is 20.7. The number of carbonyl (C=O) groups excluding carboxylic acids is 1. The molecule has 3 N–H and O–H groups in total. The molecule has 1 amide bonds. The number of aliphatic hydroxyl groups is 1. The van der Waals surface area contributed by atoms with E-state index in [0.29, 0.717) is 30.2 Å². The Hall–Kier alpha value is -2.88. The first kappa shape index (κ1) is 21.8. The highest BCUT2D eigenvalue weighted by Crippen LogP contribution is 2.20. The van der Waals surface area contributed by atoms with Crippen LogP contribution in [-0.2, 0) is 7.05 Å². The van der Waals surface area contributed by atoms with Gasteiger partial charge in [0, 0.05) is 31.6 Å². The number of carbonyl (C=O) groups is 1. The van der Waals surface area contributed by atoms with Crippen LogP contribution in [0.25, 0.3) is 5.57 Å². The van der Waals surface area contributed by atoms with Gasteiger partial charge in [-0.3, -0.25) is 19.8 Å². The largest absolute Gasteiger partial charge is 0.372 e. The van der Waals surface area contributed by atoms with Gasteiger partial charge in [-0.25, -0.2) is 4.98 Å². The van der Waals surface area contributed by atoms with Crippen LogP contribution in [0.15, 0.2) is 35.5 Å². The molecule has 1 unspecified atom stereocenters. The third-order valence-corrected chi connectivity index (χ3v) is 4.85. The fourth-order valence-electron chi connectivity index (χ4n) is 3.19. The number of aromatic nitrogens is 3. The van der Waals surface area contributed by atoms with E-state index in [0.717, 1.165) is 25.1 Å². The minimum absolute atomic E-state index is 0.276. The lowest BCUT2D eigenvalue weighted by molar-refractivity contribution is 0.102. The predicted octanol–water partition coefficient (Wildman–Crippen LogP) is 1.46. The van der Waals surface area contributed by atoms with Crippen molar-refractivity contribution >= 4 is 23.4 Å². The summed E-state index contributed by atoms with van der Waals surface area (Å²) in [5.41, 5.74) is 2.63. The van der Waals surface area contributed by atoms with E-state index in [4.69, 9.17) is 0 Å². The molecule has 1 aliphatic rings. The molecule has 0 saturated heterocycles. The minimum Gasteiger partial charge on any atom is -0.372 e. The Kier molecular flexibility index (Phi) is 7.45. The summed E-state index contributed by atoms with van der Waals surface area (Å²) in [6.07, 6.45) is 5.28. The number of nitrogens with zero attached hydrogens (tertiary/aromatic N) is 5. The molecule has 2 aromatic heterocycles. The van der Waals surface area contributed by atoms with E-state index in [1.807, 2.05) is 19.1 Å². The molecular formula is C21H29N7O2. The maximum absolute atomic E-state index is 12.8. The van der Waals surface area contributed by atoms with E-state index in [-0.39, 0.29) is 11.6 Å². The number of amides is 1. The van der Waals surface area contributed by atoms with Crippen molar-refractivity contribution in [3.05, 3.63) is 47.6 Å². The Morgan fingerprint density at radius 2 is 2.03 bits per heavy atom. The molecule has 3 heterocycles. The van der Waals surface area contributed by atoms with Gasteiger partial charge < -0.3 is 15.3 Å². The standard InChI is InChI=1S/C21H29N7O2/c1-4-15-13-22-10-12-27(2)11-6-9-23-21(30)19-18(14-28(3)26-19)25-20(29)17-8-5-7-16(15)24-17/h4-5,7-8,13-14,21,23,30H,6,9-12H2,1-3H3,(H,25,29)/b15-4+,22-13?. The number of aliphatic imine (C=N–C) groups is 1. The second-order valence-corrected chi connectivity index (χ2v) is 7.26. The zero-order valence-corrected chi connectivity index (χ0v) is 17.7. The molecule has 2 aromatic rings. The first-order valence-electron chi connectivity index (χ1n) is 10.1. The van der Waals surface area contributed by atoms with Gasteiger partial charge in [0.05, 0.1) is 17.9 Å². The molecule has 9 heteroatoms. The van der Waals surface area contributed by atoms with Crippen LogP contribution >= 0.6 is 0 Å². The van der Waals surface area contributed by atoms with E-state index in [2.05, 4.69) is 37.7 Å². The molecule has 0 spiro atoms. The predicted molar refractivity (Wildman–Crippen MR) is 117 cm³/mol. The van der Waals surface area contributed by atoms with Crippen LogP contribution in [0.5, 0.6) is 0 Å². The molecule has 0 radical (unpaired) electrons. The second-order valence-electron chi connectivity index (χ2n) is 7.26. The topological polar surface area (TPSA) is 108 Å². The van der Waals surface area contributed by atoms with Gasteiger partial charge in [-0.05, 0) is 45.6 Å². The fraction of sp³-hybridized carbons (Fsp3) is 0.429. The quantitative estimate of drug-likeness (QED) is 0.606. The Bertz CT molecular complexity index is 935. The number of likely N-dealkylation sites (N-methyl/N-ethyl adjacent to an activating group) is 1. The van der Waals surface area contributed by atoms with Crippen LogP contribution < -0.4 is 10.6 Å². The minimum atomic E-state index is -0.982. The molecule has 1 atom stereocenters. The van der Waals surface area contributed by atoms with Crippen LogP contribution in [0.2, 0.25) is 0 Å². The summed E-state index contributed by atoms with van der Waals surface area (Å²) in [5.74, 6) is -0.367.